The second-order valence-corrected chi connectivity index (χ2v) is 6.12. The molecule has 0 saturated heterocycles. The van der Waals surface area contributed by atoms with Crippen LogP contribution in [-0.4, -0.2) is 10.9 Å². The fraction of sp³-hybridized carbons (Fsp3) is 0.250. The number of benzene rings is 2. The number of hydrogen-bond donors (Lipinski definition) is 1. The lowest BCUT2D eigenvalue weighted by atomic mass is 10.1. The molecule has 0 saturated carbocycles. The zero-order chi connectivity index (χ0) is 13.7. The van der Waals surface area contributed by atoms with Gasteiger partial charge < -0.3 is 5.11 Å². The van der Waals surface area contributed by atoms with Crippen molar-refractivity contribution in [3.63, 3.8) is 0 Å². The third kappa shape index (κ3) is 4.57. The van der Waals surface area contributed by atoms with Gasteiger partial charge in [-0.2, -0.15) is 0 Å². The Morgan fingerprint density at radius 3 is 2.32 bits per heavy atom. The van der Waals surface area contributed by atoms with E-state index in [4.69, 9.17) is 11.6 Å². The highest BCUT2D eigenvalue weighted by Gasteiger charge is 2.07. The molecular formula is C16H17ClOS. The van der Waals surface area contributed by atoms with Crippen LogP contribution in [0.25, 0.3) is 0 Å². The molecule has 0 spiro atoms. The first-order chi connectivity index (χ1) is 9.15. The van der Waals surface area contributed by atoms with Crippen LogP contribution in [0.1, 0.15) is 23.7 Å². The van der Waals surface area contributed by atoms with Gasteiger partial charge in [0, 0.05) is 15.7 Å². The SMILES string of the molecule is Cc1ccc(SCC[C@@H](O)c2ccc(Cl)cc2)cc1. The van der Waals surface area contributed by atoms with E-state index in [2.05, 4.69) is 31.2 Å². The van der Waals surface area contributed by atoms with Crippen LogP contribution in [0.3, 0.4) is 0 Å². The lowest BCUT2D eigenvalue weighted by Gasteiger charge is -2.10. The first kappa shape index (κ1) is 14.4. The normalized spacial score (nSPS) is 12.4. The summed E-state index contributed by atoms with van der Waals surface area (Å²) >= 11 is 7.60. The van der Waals surface area contributed by atoms with Gasteiger partial charge in [0.2, 0.25) is 0 Å². The van der Waals surface area contributed by atoms with Gasteiger partial charge in [-0.1, -0.05) is 41.4 Å². The molecule has 0 radical (unpaired) electrons. The Morgan fingerprint density at radius 2 is 1.68 bits per heavy atom. The maximum absolute atomic E-state index is 10.1. The first-order valence-corrected chi connectivity index (χ1v) is 7.64. The summed E-state index contributed by atoms with van der Waals surface area (Å²) < 4.78 is 0. The molecule has 0 aliphatic rings. The van der Waals surface area contributed by atoms with Gasteiger partial charge in [-0.15, -0.1) is 11.8 Å². The number of aliphatic hydroxyl groups excluding tert-OH is 1. The minimum absolute atomic E-state index is 0.421. The largest absolute Gasteiger partial charge is 0.388 e. The summed E-state index contributed by atoms with van der Waals surface area (Å²) in [7, 11) is 0. The molecule has 0 unspecified atom stereocenters. The molecule has 2 rings (SSSR count). The minimum Gasteiger partial charge on any atom is -0.388 e. The smallest absolute Gasteiger partial charge is 0.0798 e. The second-order valence-electron chi connectivity index (χ2n) is 4.52. The maximum atomic E-state index is 10.1. The van der Waals surface area contributed by atoms with Crippen molar-refractivity contribution < 1.29 is 5.11 Å². The highest BCUT2D eigenvalue weighted by molar-refractivity contribution is 7.99. The van der Waals surface area contributed by atoms with Crippen LogP contribution in [0, 0.1) is 6.92 Å². The van der Waals surface area contributed by atoms with Gasteiger partial charge in [-0.25, -0.2) is 0 Å². The number of rotatable bonds is 5. The van der Waals surface area contributed by atoms with Crippen LogP contribution in [0.4, 0.5) is 0 Å². The van der Waals surface area contributed by atoms with E-state index in [1.54, 1.807) is 11.8 Å². The summed E-state index contributed by atoms with van der Waals surface area (Å²) in [5, 5.41) is 10.8. The molecule has 19 heavy (non-hydrogen) atoms. The van der Waals surface area contributed by atoms with Crippen molar-refractivity contribution in [2.24, 2.45) is 0 Å². The average Bonchev–Trinajstić information content (AvgIpc) is 2.41. The Hall–Kier alpha value is -0.960. The molecule has 3 heteroatoms. The Morgan fingerprint density at radius 1 is 1.05 bits per heavy atom. The molecule has 0 amide bonds. The van der Waals surface area contributed by atoms with Crippen molar-refractivity contribution in [3.8, 4) is 0 Å². The third-order valence-corrected chi connectivity index (χ3v) is 4.23. The van der Waals surface area contributed by atoms with Gasteiger partial charge in [0.25, 0.3) is 0 Å². The highest BCUT2D eigenvalue weighted by atomic mass is 35.5. The van der Waals surface area contributed by atoms with Crippen LogP contribution in [0.2, 0.25) is 5.02 Å². The van der Waals surface area contributed by atoms with E-state index in [9.17, 15) is 5.11 Å². The van der Waals surface area contributed by atoms with Gasteiger partial charge in [0.1, 0.15) is 0 Å². The Bertz CT molecular complexity index is 507. The molecule has 0 fully saturated rings. The zero-order valence-electron chi connectivity index (χ0n) is 10.8. The van der Waals surface area contributed by atoms with E-state index in [0.717, 1.165) is 17.7 Å². The standard InChI is InChI=1S/C16H17ClOS/c1-12-2-8-15(9-3-12)19-11-10-16(18)13-4-6-14(17)7-5-13/h2-9,16,18H,10-11H2,1H3/t16-/m1/s1. The van der Waals surface area contributed by atoms with E-state index < -0.39 is 6.10 Å². The summed E-state index contributed by atoms with van der Waals surface area (Å²) in [5.74, 6) is 0.896. The molecule has 0 aromatic heterocycles. The monoisotopic (exact) mass is 292 g/mol. The van der Waals surface area contributed by atoms with Crippen molar-refractivity contribution in [1.82, 2.24) is 0 Å². The second kappa shape index (κ2) is 6.99. The first-order valence-electron chi connectivity index (χ1n) is 6.28. The molecule has 2 aromatic rings. The minimum atomic E-state index is -0.421. The van der Waals surface area contributed by atoms with Crippen molar-refractivity contribution in [2.45, 2.75) is 24.3 Å². The van der Waals surface area contributed by atoms with E-state index in [0.29, 0.717) is 5.02 Å². The Kier molecular flexibility index (Phi) is 5.32. The average molecular weight is 293 g/mol. The fourth-order valence-electron chi connectivity index (χ4n) is 1.77. The van der Waals surface area contributed by atoms with Crippen LogP contribution in [0.15, 0.2) is 53.4 Å². The highest BCUT2D eigenvalue weighted by Crippen LogP contribution is 2.24. The van der Waals surface area contributed by atoms with Crippen molar-refractivity contribution in [3.05, 3.63) is 64.7 Å². The summed E-state index contributed by atoms with van der Waals surface area (Å²) in [6.45, 7) is 2.08. The van der Waals surface area contributed by atoms with Crippen LogP contribution in [0.5, 0.6) is 0 Å². The number of hydrogen-bond acceptors (Lipinski definition) is 2. The lowest BCUT2D eigenvalue weighted by Crippen LogP contribution is -1.98. The fourth-order valence-corrected chi connectivity index (χ4v) is 2.81. The lowest BCUT2D eigenvalue weighted by molar-refractivity contribution is 0.175. The predicted octanol–water partition coefficient (Wildman–Crippen LogP) is 4.86. The van der Waals surface area contributed by atoms with E-state index in [-0.39, 0.29) is 0 Å². The molecule has 1 atom stereocenters. The van der Waals surface area contributed by atoms with Gasteiger partial charge in [0.05, 0.1) is 6.10 Å². The van der Waals surface area contributed by atoms with Crippen molar-refractivity contribution >= 4 is 23.4 Å². The molecule has 0 aliphatic heterocycles. The summed E-state index contributed by atoms with van der Waals surface area (Å²) in [6.07, 6.45) is 0.315. The van der Waals surface area contributed by atoms with Crippen molar-refractivity contribution in [2.75, 3.05) is 5.75 Å². The van der Waals surface area contributed by atoms with E-state index >= 15 is 0 Å². The molecule has 0 bridgehead atoms. The maximum Gasteiger partial charge on any atom is 0.0798 e. The number of aryl methyl sites for hydroxylation is 1. The molecule has 100 valence electrons. The predicted molar refractivity (Wildman–Crippen MR) is 82.9 cm³/mol. The van der Waals surface area contributed by atoms with Gasteiger partial charge >= 0.3 is 0 Å². The third-order valence-electron chi connectivity index (χ3n) is 2.94. The molecular weight excluding hydrogens is 276 g/mol. The van der Waals surface area contributed by atoms with Gasteiger partial charge in [-0.3, -0.25) is 0 Å². The Balaban J connectivity index is 1.82. The van der Waals surface area contributed by atoms with Gasteiger partial charge in [0.15, 0.2) is 0 Å². The number of aliphatic hydroxyl groups is 1. The summed E-state index contributed by atoms with van der Waals surface area (Å²) in [6, 6.07) is 15.8. The van der Waals surface area contributed by atoms with E-state index in [1.165, 1.54) is 10.5 Å². The van der Waals surface area contributed by atoms with Crippen molar-refractivity contribution in [1.29, 1.82) is 0 Å². The van der Waals surface area contributed by atoms with Crippen LogP contribution in [-0.2, 0) is 0 Å². The molecule has 1 N–H and O–H groups in total. The molecule has 1 nitrogen and oxygen atoms in total. The number of thioether (sulfide) groups is 1. The van der Waals surface area contributed by atoms with Gasteiger partial charge in [-0.05, 0) is 43.2 Å². The van der Waals surface area contributed by atoms with Crippen LogP contribution < -0.4 is 0 Å². The van der Waals surface area contributed by atoms with Crippen LogP contribution >= 0.6 is 23.4 Å². The number of halogens is 1. The molecule has 2 aromatic carbocycles. The molecule has 0 aliphatic carbocycles. The molecule has 0 heterocycles. The topological polar surface area (TPSA) is 20.2 Å². The summed E-state index contributed by atoms with van der Waals surface area (Å²) in [5.41, 5.74) is 2.19. The van der Waals surface area contributed by atoms with E-state index in [1.807, 2.05) is 24.3 Å². The quantitative estimate of drug-likeness (QED) is 0.794. The zero-order valence-corrected chi connectivity index (χ0v) is 12.4. The summed E-state index contributed by atoms with van der Waals surface area (Å²) in [4.78, 5) is 1.24. The Labute approximate surface area is 123 Å².